The van der Waals surface area contributed by atoms with Gasteiger partial charge in [-0.25, -0.2) is 8.42 Å². The van der Waals surface area contributed by atoms with Gasteiger partial charge in [0.1, 0.15) is 15.9 Å². The second kappa shape index (κ2) is 6.13. The third kappa shape index (κ3) is 5.09. The summed E-state index contributed by atoms with van der Waals surface area (Å²) >= 11 is 0. The zero-order chi connectivity index (χ0) is 15.4. The Morgan fingerprint density at radius 1 is 1.35 bits per heavy atom. The molecule has 0 amide bonds. The van der Waals surface area contributed by atoms with Crippen LogP contribution in [-0.2, 0) is 16.0 Å². The summed E-state index contributed by atoms with van der Waals surface area (Å²) in [5.74, 6) is -0.0253. The smallest absolute Gasteiger partial charge is 0.384 e. The van der Waals surface area contributed by atoms with Crippen molar-refractivity contribution in [1.29, 1.82) is 5.26 Å². The zero-order valence-corrected chi connectivity index (χ0v) is 11.5. The number of hydrogen-bond acceptors (Lipinski definition) is 4. The highest BCUT2D eigenvalue weighted by Gasteiger charge is 2.31. The molecule has 1 rings (SSSR count). The van der Waals surface area contributed by atoms with Crippen LogP contribution in [0.15, 0.2) is 18.2 Å². The molecular weight excluding hydrogens is 293 g/mol. The molecule has 0 aromatic heterocycles. The van der Waals surface area contributed by atoms with Crippen molar-refractivity contribution >= 4 is 15.5 Å². The molecule has 0 spiro atoms. The summed E-state index contributed by atoms with van der Waals surface area (Å²) in [6.07, 6.45) is -3.09. The largest absolute Gasteiger partial charge is 0.416 e. The average molecular weight is 306 g/mol. The Hall–Kier alpha value is -1.75. The summed E-state index contributed by atoms with van der Waals surface area (Å²) in [5, 5.41) is 11.6. The predicted molar refractivity (Wildman–Crippen MR) is 69.0 cm³/mol. The molecule has 0 saturated carbocycles. The number of benzene rings is 1. The number of nitrogens with one attached hydrogen (secondary N) is 1. The quantitative estimate of drug-likeness (QED) is 0.848. The molecule has 0 radical (unpaired) electrons. The van der Waals surface area contributed by atoms with Gasteiger partial charge < -0.3 is 5.32 Å². The van der Waals surface area contributed by atoms with Gasteiger partial charge in [0.05, 0.1) is 22.6 Å². The molecular formula is C12H13F3N2O2S. The SMILES string of the molecule is CS(=O)(=O)CCCNc1ccc(C(F)(F)F)cc1C#N. The van der Waals surface area contributed by atoms with Gasteiger partial charge >= 0.3 is 6.18 Å². The lowest BCUT2D eigenvalue weighted by molar-refractivity contribution is -0.137. The molecule has 0 saturated heterocycles. The second-order valence-corrected chi connectivity index (χ2v) is 6.54. The summed E-state index contributed by atoms with van der Waals surface area (Å²) in [6, 6.07) is 4.49. The molecule has 0 heterocycles. The van der Waals surface area contributed by atoms with Gasteiger partial charge in [0.25, 0.3) is 0 Å². The maximum atomic E-state index is 12.5. The van der Waals surface area contributed by atoms with Crippen LogP contribution in [0.4, 0.5) is 18.9 Å². The van der Waals surface area contributed by atoms with Crippen LogP contribution in [0.1, 0.15) is 17.5 Å². The Kier molecular flexibility index (Phi) is 5.00. The van der Waals surface area contributed by atoms with Crippen LogP contribution in [0, 0.1) is 11.3 Å². The second-order valence-electron chi connectivity index (χ2n) is 4.28. The maximum absolute atomic E-state index is 12.5. The number of halogens is 3. The lowest BCUT2D eigenvalue weighted by Gasteiger charge is -2.11. The number of alkyl halides is 3. The monoisotopic (exact) mass is 306 g/mol. The molecule has 0 atom stereocenters. The van der Waals surface area contributed by atoms with E-state index in [0.717, 1.165) is 18.4 Å². The van der Waals surface area contributed by atoms with E-state index < -0.39 is 21.6 Å². The number of rotatable bonds is 5. The van der Waals surface area contributed by atoms with Crippen molar-refractivity contribution in [3.05, 3.63) is 29.3 Å². The van der Waals surface area contributed by atoms with E-state index in [1.807, 2.05) is 0 Å². The zero-order valence-electron chi connectivity index (χ0n) is 10.7. The molecule has 0 aliphatic heterocycles. The molecule has 0 fully saturated rings. The van der Waals surface area contributed by atoms with Gasteiger partial charge in [-0.05, 0) is 24.6 Å². The van der Waals surface area contributed by atoms with Crippen LogP contribution in [0.3, 0.4) is 0 Å². The first-order valence-electron chi connectivity index (χ1n) is 5.66. The standard InChI is InChI=1S/C12H13F3N2O2S/c1-20(18,19)6-2-5-17-11-4-3-10(12(13,14)15)7-9(11)8-16/h3-4,7,17H,2,5-6H2,1H3. The summed E-state index contributed by atoms with van der Waals surface area (Å²) < 4.78 is 59.3. The fourth-order valence-corrected chi connectivity index (χ4v) is 2.19. The van der Waals surface area contributed by atoms with Crippen LogP contribution in [0.25, 0.3) is 0 Å². The fraction of sp³-hybridized carbons (Fsp3) is 0.417. The fourth-order valence-electron chi connectivity index (χ4n) is 1.52. The van der Waals surface area contributed by atoms with Gasteiger partial charge in [0.2, 0.25) is 0 Å². The molecule has 1 aromatic rings. The average Bonchev–Trinajstić information content (AvgIpc) is 2.32. The van der Waals surface area contributed by atoms with Crippen LogP contribution >= 0.6 is 0 Å². The molecule has 0 aliphatic rings. The summed E-state index contributed by atoms with van der Waals surface area (Å²) in [4.78, 5) is 0. The van der Waals surface area contributed by atoms with Crippen molar-refractivity contribution in [3.8, 4) is 6.07 Å². The molecule has 0 bridgehead atoms. The van der Waals surface area contributed by atoms with E-state index in [-0.39, 0.29) is 23.5 Å². The van der Waals surface area contributed by atoms with Gasteiger partial charge in [-0.3, -0.25) is 0 Å². The minimum Gasteiger partial charge on any atom is -0.384 e. The van der Waals surface area contributed by atoms with Crippen molar-refractivity contribution in [1.82, 2.24) is 0 Å². The van der Waals surface area contributed by atoms with Crippen LogP contribution < -0.4 is 5.32 Å². The van der Waals surface area contributed by atoms with E-state index in [9.17, 15) is 21.6 Å². The maximum Gasteiger partial charge on any atom is 0.416 e. The van der Waals surface area contributed by atoms with Crippen molar-refractivity contribution in [2.24, 2.45) is 0 Å². The van der Waals surface area contributed by atoms with Gasteiger partial charge in [-0.2, -0.15) is 18.4 Å². The number of sulfone groups is 1. The topological polar surface area (TPSA) is 70.0 Å². The summed E-state index contributed by atoms with van der Waals surface area (Å²) in [6.45, 7) is 0.257. The Labute approximate surface area is 115 Å². The lowest BCUT2D eigenvalue weighted by atomic mass is 10.1. The number of anilines is 1. The minimum atomic E-state index is -4.50. The van der Waals surface area contributed by atoms with Crippen LogP contribution in [-0.4, -0.2) is 27.0 Å². The van der Waals surface area contributed by atoms with Gasteiger partial charge in [-0.1, -0.05) is 0 Å². The van der Waals surface area contributed by atoms with E-state index in [2.05, 4.69) is 5.32 Å². The molecule has 4 nitrogen and oxygen atoms in total. The highest BCUT2D eigenvalue weighted by atomic mass is 32.2. The van der Waals surface area contributed by atoms with E-state index in [1.54, 1.807) is 6.07 Å². The predicted octanol–water partition coefficient (Wildman–Crippen LogP) is 2.42. The summed E-state index contributed by atoms with van der Waals surface area (Å²) in [5.41, 5.74) is -0.760. The Morgan fingerprint density at radius 2 is 2.00 bits per heavy atom. The van der Waals surface area contributed by atoms with Crippen LogP contribution in [0.5, 0.6) is 0 Å². The first-order valence-corrected chi connectivity index (χ1v) is 7.72. The first kappa shape index (κ1) is 16.3. The normalized spacial score (nSPS) is 11.9. The van der Waals surface area contributed by atoms with E-state index in [4.69, 9.17) is 5.26 Å². The highest BCUT2D eigenvalue weighted by molar-refractivity contribution is 7.90. The van der Waals surface area contributed by atoms with Crippen LogP contribution in [0.2, 0.25) is 0 Å². The third-order valence-electron chi connectivity index (χ3n) is 2.47. The number of nitriles is 1. The highest BCUT2D eigenvalue weighted by Crippen LogP contribution is 2.31. The van der Waals surface area contributed by atoms with E-state index in [0.29, 0.717) is 6.42 Å². The molecule has 1 N–H and O–H groups in total. The lowest BCUT2D eigenvalue weighted by Crippen LogP contribution is -2.11. The first-order chi connectivity index (χ1) is 9.13. The molecule has 20 heavy (non-hydrogen) atoms. The molecule has 0 aliphatic carbocycles. The Balaban J connectivity index is 2.75. The third-order valence-corrected chi connectivity index (χ3v) is 3.50. The van der Waals surface area contributed by atoms with Crippen molar-refractivity contribution in [2.45, 2.75) is 12.6 Å². The summed E-state index contributed by atoms with van der Waals surface area (Å²) in [7, 11) is -3.07. The van der Waals surface area contributed by atoms with Crippen molar-refractivity contribution < 1.29 is 21.6 Å². The van der Waals surface area contributed by atoms with Gasteiger partial charge in [-0.15, -0.1) is 0 Å². The molecule has 110 valence electrons. The van der Waals surface area contributed by atoms with Gasteiger partial charge in [0, 0.05) is 12.8 Å². The Bertz CT molecular complexity index is 619. The molecule has 0 unspecified atom stereocenters. The number of hydrogen-bond donors (Lipinski definition) is 1. The number of nitrogens with zero attached hydrogens (tertiary/aromatic N) is 1. The molecule has 1 aromatic carbocycles. The Morgan fingerprint density at radius 3 is 2.50 bits per heavy atom. The van der Waals surface area contributed by atoms with E-state index in [1.165, 1.54) is 6.07 Å². The van der Waals surface area contributed by atoms with Gasteiger partial charge in [0.15, 0.2) is 0 Å². The van der Waals surface area contributed by atoms with Crippen molar-refractivity contribution in [3.63, 3.8) is 0 Å². The van der Waals surface area contributed by atoms with E-state index >= 15 is 0 Å². The van der Waals surface area contributed by atoms with Crippen molar-refractivity contribution in [2.75, 3.05) is 23.9 Å². The molecule has 8 heteroatoms. The minimum absolute atomic E-state index is 0.0253.